The first-order valence-electron chi connectivity index (χ1n) is 7.82. The number of halogens is 1. The summed E-state index contributed by atoms with van der Waals surface area (Å²) >= 11 is 0. The molecule has 0 aromatic heterocycles. The molecule has 23 heavy (non-hydrogen) atoms. The van der Waals surface area contributed by atoms with Crippen molar-refractivity contribution >= 4 is 11.6 Å². The van der Waals surface area contributed by atoms with Gasteiger partial charge < -0.3 is 10.2 Å². The Morgan fingerprint density at radius 1 is 1.17 bits per heavy atom. The molecule has 0 aliphatic carbocycles. The molecule has 0 fully saturated rings. The van der Waals surface area contributed by atoms with Gasteiger partial charge in [0.2, 0.25) is 0 Å². The Hall–Kier alpha value is -2.20. The zero-order valence-electron chi connectivity index (χ0n) is 14.1. The lowest BCUT2D eigenvalue weighted by Gasteiger charge is -2.22. The summed E-state index contributed by atoms with van der Waals surface area (Å²) in [7, 11) is 1.97. The van der Waals surface area contributed by atoms with E-state index < -0.39 is 0 Å². The van der Waals surface area contributed by atoms with E-state index in [2.05, 4.69) is 5.32 Å². The van der Waals surface area contributed by atoms with Gasteiger partial charge in [-0.3, -0.25) is 4.79 Å². The molecule has 0 saturated carbocycles. The topological polar surface area (TPSA) is 33.5 Å². The molecule has 4 heteroatoms. The number of carbonyl (C=O) groups is 1. The van der Waals surface area contributed by atoms with Gasteiger partial charge in [0, 0.05) is 11.3 Å². The third kappa shape index (κ3) is 4.39. The van der Waals surface area contributed by atoms with E-state index in [9.17, 15) is 9.18 Å². The first kappa shape index (κ1) is 17.2. The number of nitrogens with one attached hydrogen (secondary N) is 2. The van der Waals surface area contributed by atoms with Gasteiger partial charge in [-0.05, 0) is 50.1 Å². The number of likely N-dealkylation sites (N-methyl/N-ethyl adjacent to an activating group) is 1. The molecule has 2 aromatic rings. The molecule has 3 nitrogen and oxygen atoms in total. The molecule has 0 heterocycles. The molecule has 2 rings (SSSR count). The second kappa shape index (κ2) is 7.38. The zero-order chi connectivity index (χ0) is 17.0. The Labute approximate surface area is 137 Å². The third-order valence-electron chi connectivity index (χ3n) is 4.43. The van der Waals surface area contributed by atoms with Crippen LogP contribution in [-0.4, -0.2) is 19.5 Å². The van der Waals surface area contributed by atoms with Gasteiger partial charge in [-0.25, -0.2) is 4.39 Å². The van der Waals surface area contributed by atoms with Crippen molar-refractivity contribution in [3.8, 4) is 0 Å². The van der Waals surface area contributed by atoms with Crippen LogP contribution in [0.25, 0.3) is 0 Å². The number of anilines is 1. The van der Waals surface area contributed by atoms with Crippen molar-refractivity contribution < 1.29 is 14.1 Å². The van der Waals surface area contributed by atoms with Gasteiger partial charge in [-0.1, -0.05) is 24.3 Å². The van der Waals surface area contributed by atoms with Gasteiger partial charge >= 0.3 is 0 Å². The van der Waals surface area contributed by atoms with E-state index >= 15 is 0 Å². The molecular formula is C19H24FN2O+. The molecule has 2 aromatic carbocycles. The molecule has 2 N–H and O–H groups in total. The summed E-state index contributed by atoms with van der Waals surface area (Å²) in [5.74, 6) is -0.267. The molecule has 0 saturated heterocycles. The maximum Gasteiger partial charge on any atom is 0.279 e. The van der Waals surface area contributed by atoms with Crippen molar-refractivity contribution in [2.24, 2.45) is 0 Å². The Morgan fingerprint density at radius 3 is 2.48 bits per heavy atom. The van der Waals surface area contributed by atoms with E-state index in [0.29, 0.717) is 6.54 Å². The highest BCUT2D eigenvalue weighted by Crippen LogP contribution is 2.17. The van der Waals surface area contributed by atoms with Crippen LogP contribution >= 0.6 is 0 Å². The normalized spacial score (nSPS) is 13.4. The maximum absolute atomic E-state index is 13.0. The fourth-order valence-corrected chi connectivity index (χ4v) is 2.52. The molecule has 122 valence electrons. The molecule has 0 aliphatic rings. The quantitative estimate of drug-likeness (QED) is 0.874. The van der Waals surface area contributed by atoms with Crippen LogP contribution in [0.3, 0.4) is 0 Å². The van der Waals surface area contributed by atoms with Crippen LogP contribution < -0.4 is 10.2 Å². The van der Waals surface area contributed by atoms with E-state index in [4.69, 9.17) is 0 Å². The van der Waals surface area contributed by atoms with Crippen molar-refractivity contribution in [1.82, 2.24) is 0 Å². The van der Waals surface area contributed by atoms with Crippen LogP contribution in [0.15, 0.2) is 42.5 Å². The van der Waals surface area contributed by atoms with Crippen molar-refractivity contribution in [3.05, 3.63) is 65.0 Å². The van der Waals surface area contributed by atoms with Gasteiger partial charge in [0.05, 0.1) is 7.05 Å². The highest BCUT2D eigenvalue weighted by Gasteiger charge is 2.19. The van der Waals surface area contributed by atoms with E-state index in [1.54, 1.807) is 12.1 Å². The molecule has 1 unspecified atom stereocenters. The lowest BCUT2D eigenvalue weighted by Crippen LogP contribution is -3.10. The number of amides is 1. The second-order valence-electron chi connectivity index (χ2n) is 6.09. The third-order valence-corrected chi connectivity index (χ3v) is 4.43. The van der Waals surface area contributed by atoms with E-state index in [1.165, 1.54) is 12.1 Å². The number of rotatable bonds is 5. The smallest absolute Gasteiger partial charge is 0.279 e. The van der Waals surface area contributed by atoms with Gasteiger partial charge in [0.15, 0.2) is 6.54 Å². The molecule has 0 spiro atoms. The first-order valence-corrected chi connectivity index (χ1v) is 7.82. The average molecular weight is 315 g/mol. The monoisotopic (exact) mass is 315 g/mol. The number of benzene rings is 2. The number of quaternary nitrogens is 1. The Balaban J connectivity index is 1.99. The molecule has 0 radical (unpaired) electrons. The van der Waals surface area contributed by atoms with E-state index in [1.807, 2.05) is 46.0 Å². The minimum absolute atomic E-state index is 0.0230. The van der Waals surface area contributed by atoms with Crippen LogP contribution in [0.1, 0.15) is 29.7 Å². The van der Waals surface area contributed by atoms with Crippen LogP contribution in [0.2, 0.25) is 0 Å². The van der Waals surface area contributed by atoms with Gasteiger partial charge in [0.1, 0.15) is 11.9 Å². The van der Waals surface area contributed by atoms with Crippen LogP contribution in [0.4, 0.5) is 10.1 Å². The van der Waals surface area contributed by atoms with Crippen molar-refractivity contribution in [2.75, 3.05) is 18.9 Å². The summed E-state index contributed by atoms with van der Waals surface area (Å²) in [6.07, 6.45) is 0. The summed E-state index contributed by atoms with van der Waals surface area (Å²) in [5, 5.41) is 2.98. The number of hydrogen-bond acceptors (Lipinski definition) is 1. The molecule has 1 amide bonds. The van der Waals surface area contributed by atoms with E-state index in [0.717, 1.165) is 27.3 Å². The molecular weight excluding hydrogens is 291 g/mol. The van der Waals surface area contributed by atoms with Gasteiger partial charge in [-0.2, -0.15) is 0 Å². The highest BCUT2D eigenvalue weighted by atomic mass is 19.1. The Morgan fingerprint density at radius 2 is 1.83 bits per heavy atom. The SMILES string of the molecule is Cc1cccc(NC(=O)C[NH+](C)[C@@H](C)c2ccc(F)cc2)c1C. The van der Waals surface area contributed by atoms with E-state index in [-0.39, 0.29) is 17.8 Å². The number of aryl methyl sites for hydroxylation is 1. The lowest BCUT2D eigenvalue weighted by atomic mass is 10.1. The van der Waals surface area contributed by atoms with Gasteiger partial charge in [-0.15, -0.1) is 0 Å². The standard InChI is InChI=1S/C19H23FN2O/c1-13-6-5-7-18(14(13)2)21-19(23)12-22(4)15(3)16-8-10-17(20)11-9-16/h5-11,15H,12H2,1-4H3,(H,21,23)/p+1/t15-/m0/s1. The predicted molar refractivity (Wildman–Crippen MR) is 91.1 cm³/mol. The fraction of sp³-hybridized carbons (Fsp3) is 0.316. The Kier molecular flexibility index (Phi) is 5.50. The second-order valence-corrected chi connectivity index (χ2v) is 6.09. The minimum atomic E-state index is -0.244. The van der Waals surface area contributed by atoms with Crippen molar-refractivity contribution in [1.29, 1.82) is 0 Å². The summed E-state index contributed by atoms with van der Waals surface area (Å²) in [4.78, 5) is 13.3. The van der Waals surface area contributed by atoms with Crippen LogP contribution in [0.5, 0.6) is 0 Å². The molecule has 0 bridgehead atoms. The minimum Gasteiger partial charge on any atom is -0.324 e. The fourth-order valence-electron chi connectivity index (χ4n) is 2.52. The summed E-state index contributed by atoms with van der Waals surface area (Å²) < 4.78 is 13.0. The summed E-state index contributed by atoms with van der Waals surface area (Å²) in [5.41, 5.74) is 4.12. The summed E-state index contributed by atoms with van der Waals surface area (Å²) in [6.45, 7) is 6.42. The number of carbonyl (C=O) groups excluding carboxylic acids is 1. The zero-order valence-corrected chi connectivity index (χ0v) is 14.1. The highest BCUT2D eigenvalue weighted by molar-refractivity contribution is 5.92. The summed E-state index contributed by atoms with van der Waals surface area (Å²) in [6, 6.07) is 12.4. The lowest BCUT2D eigenvalue weighted by molar-refractivity contribution is -0.902. The van der Waals surface area contributed by atoms with Gasteiger partial charge in [0.25, 0.3) is 5.91 Å². The predicted octanol–water partition coefficient (Wildman–Crippen LogP) is 2.66. The van der Waals surface area contributed by atoms with Crippen LogP contribution in [0, 0.1) is 19.7 Å². The van der Waals surface area contributed by atoms with Crippen molar-refractivity contribution in [2.45, 2.75) is 26.8 Å². The number of hydrogen-bond donors (Lipinski definition) is 2. The maximum atomic E-state index is 13.0. The molecule has 0 aliphatic heterocycles. The average Bonchev–Trinajstić information content (AvgIpc) is 2.52. The Bertz CT molecular complexity index is 682. The largest absolute Gasteiger partial charge is 0.324 e. The van der Waals surface area contributed by atoms with Crippen LogP contribution in [-0.2, 0) is 4.79 Å². The first-order chi connectivity index (χ1) is 10.9. The molecule has 2 atom stereocenters. The van der Waals surface area contributed by atoms with Crippen molar-refractivity contribution in [3.63, 3.8) is 0 Å².